The van der Waals surface area contributed by atoms with Crippen LogP contribution in [0.1, 0.15) is 12.5 Å². The fourth-order valence-corrected chi connectivity index (χ4v) is 4.44. The van der Waals surface area contributed by atoms with Crippen molar-refractivity contribution in [1.82, 2.24) is 9.38 Å². The van der Waals surface area contributed by atoms with Crippen molar-refractivity contribution in [2.45, 2.75) is 18.7 Å². The van der Waals surface area contributed by atoms with Gasteiger partial charge in [0.2, 0.25) is 0 Å². The van der Waals surface area contributed by atoms with Crippen LogP contribution >= 0.6 is 0 Å². The SMILES string of the molecule is CCOc1ccc(S(=O)(=O)Nc2cc(-c3cn4cccc(C)c4n3)ccc2OC)cc1F. The quantitative estimate of drug-likeness (QED) is 0.438. The molecule has 0 fully saturated rings. The molecule has 0 unspecified atom stereocenters. The molecule has 2 aromatic carbocycles. The van der Waals surface area contributed by atoms with Crippen LogP contribution < -0.4 is 14.2 Å². The number of sulfonamides is 1. The molecule has 0 amide bonds. The van der Waals surface area contributed by atoms with E-state index >= 15 is 0 Å². The Labute approximate surface area is 185 Å². The minimum atomic E-state index is -4.08. The van der Waals surface area contributed by atoms with Gasteiger partial charge in [-0.25, -0.2) is 17.8 Å². The number of hydrogen-bond donors (Lipinski definition) is 1. The monoisotopic (exact) mass is 455 g/mol. The molecule has 7 nitrogen and oxygen atoms in total. The summed E-state index contributed by atoms with van der Waals surface area (Å²) < 4.78 is 54.9. The topological polar surface area (TPSA) is 81.9 Å². The lowest BCUT2D eigenvalue weighted by atomic mass is 10.1. The largest absolute Gasteiger partial charge is 0.495 e. The van der Waals surface area contributed by atoms with Crippen molar-refractivity contribution in [2.24, 2.45) is 0 Å². The number of methoxy groups -OCH3 is 1. The smallest absolute Gasteiger partial charge is 0.262 e. The Balaban J connectivity index is 1.71. The number of ether oxygens (including phenoxy) is 2. The first kappa shape index (κ1) is 21.6. The zero-order valence-corrected chi connectivity index (χ0v) is 18.6. The number of fused-ring (bicyclic) bond motifs is 1. The summed E-state index contributed by atoms with van der Waals surface area (Å²) >= 11 is 0. The second-order valence-corrected chi connectivity index (χ2v) is 8.78. The zero-order valence-electron chi connectivity index (χ0n) is 17.8. The van der Waals surface area contributed by atoms with Crippen LogP contribution in [0.2, 0.25) is 0 Å². The Hall–Kier alpha value is -3.59. The maximum Gasteiger partial charge on any atom is 0.262 e. The molecule has 0 spiro atoms. The molecule has 4 aromatic rings. The highest BCUT2D eigenvalue weighted by atomic mass is 32.2. The van der Waals surface area contributed by atoms with Crippen LogP contribution in [0.3, 0.4) is 0 Å². The van der Waals surface area contributed by atoms with Gasteiger partial charge < -0.3 is 13.9 Å². The molecule has 0 aliphatic heterocycles. The first-order valence-corrected chi connectivity index (χ1v) is 11.4. The Morgan fingerprint density at radius 3 is 2.59 bits per heavy atom. The van der Waals surface area contributed by atoms with Gasteiger partial charge in [-0.1, -0.05) is 6.07 Å². The van der Waals surface area contributed by atoms with Crippen LogP contribution in [0, 0.1) is 12.7 Å². The normalized spacial score (nSPS) is 11.5. The molecule has 0 saturated carbocycles. The summed E-state index contributed by atoms with van der Waals surface area (Å²) in [5, 5.41) is 0. The van der Waals surface area contributed by atoms with Crippen molar-refractivity contribution < 1.29 is 22.3 Å². The summed E-state index contributed by atoms with van der Waals surface area (Å²) in [7, 11) is -2.64. The Bertz CT molecular complexity index is 1400. The highest BCUT2D eigenvalue weighted by molar-refractivity contribution is 7.92. The van der Waals surface area contributed by atoms with E-state index in [0.717, 1.165) is 17.3 Å². The van der Waals surface area contributed by atoms with Gasteiger partial charge in [-0.2, -0.15) is 0 Å². The van der Waals surface area contributed by atoms with Crippen molar-refractivity contribution in [1.29, 1.82) is 0 Å². The molecule has 4 rings (SSSR count). The van der Waals surface area contributed by atoms with Crippen LogP contribution in [0.4, 0.5) is 10.1 Å². The van der Waals surface area contributed by atoms with Crippen LogP contribution in [-0.2, 0) is 10.0 Å². The van der Waals surface area contributed by atoms with E-state index in [0.29, 0.717) is 17.0 Å². The number of hydrogen-bond acceptors (Lipinski definition) is 5. The minimum absolute atomic E-state index is 0.00632. The molecule has 1 N–H and O–H groups in total. The van der Waals surface area contributed by atoms with E-state index in [2.05, 4.69) is 9.71 Å². The zero-order chi connectivity index (χ0) is 22.9. The third-order valence-corrected chi connectivity index (χ3v) is 6.29. The molecule has 166 valence electrons. The van der Waals surface area contributed by atoms with Gasteiger partial charge in [0.15, 0.2) is 11.6 Å². The molecule has 0 saturated heterocycles. The third kappa shape index (κ3) is 4.11. The molecule has 2 aromatic heterocycles. The Morgan fingerprint density at radius 1 is 1.12 bits per heavy atom. The summed E-state index contributed by atoms with van der Waals surface area (Å²) in [6, 6.07) is 12.5. The van der Waals surface area contributed by atoms with E-state index in [9.17, 15) is 12.8 Å². The van der Waals surface area contributed by atoms with Crippen LogP contribution in [0.25, 0.3) is 16.9 Å². The van der Waals surface area contributed by atoms with Crippen molar-refractivity contribution >= 4 is 21.4 Å². The van der Waals surface area contributed by atoms with E-state index in [1.54, 1.807) is 25.1 Å². The van der Waals surface area contributed by atoms with Crippen molar-refractivity contribution in [3.8, 4) is 22.8 Å². The summed E-state index contributed by atoms with van der Waals surface area (Å²) in [6.45, 7) is 3.96. The number of imidazole rings is 1. The number of nitrogens with zero attached hydrogens (tertiary/aromatic N) is 2. The minimum Gasteiger partial charge on any atom is -0.495 e. The first-order valence-electron chi connectivity index (χ1n) is 9.90. The van der Waals surface area contributed by atoms with Gasteiger partial charge in [0.25, 0.3) is 10.0 Å². The molecular weight excluding hydrogens is 433 g/mol. The number of pyridine rings is 1. The molecule has 2 heterocycles. The van der Waals surface area contributed by atoms with Gasteiger partial charge in [0.05, 0.1) is 30.0 Å². The maximum absolute atomic E-state index is 14.2. The summed E-state index contributed by atoms with van der Waals surface area (Å²) in [6.07, 6.45) is 3.76. The Morgan fingerprint density at radius 2 is 1.91 bits per heavy atom. The molecule has 0 atom stereocenters. The summed E-state index contributed by atoms with van der Waals surface area (Å²) in [5.74, 6) is -0.438. The predicted octanol–water partition coefficient (Wildman–Crippen LogP) is 4.66. The Kier molecular flexibility index (Phi) is 5.75. The van der Waals surface area contributed by atoms with Crippen molar-refractivity contribution in [3.63, 3.8) is 0 Å². The summed E-state index contributed by atoms with van der Waals surface area (Å²) in [5.41, 5.74) is 3.42. The first-order chi connectivity index (χ1) is 15.3. The number of anilines is 1. The fraction of sp³-hybridized carbons (Fsp3) is 0.174. The molecule has 0 bridgehead atoms. The number of benzene rings is 2. The highest BCUT2D eigenvalue weighted by Crippen LogP contribution is 2.33. The van der Waals surface area contributed by atoms with E-state index in [1.807, 2.05) is 35.9 Å². The number of nitrogens with one attached hydrogen (secondary N) is 1. The highest BCUT2D eigenvalue weighted by Gasteiger charge is 2.20. The van der Waals surface area contributed by atoms with E-state index in [-0.39, 0.29) is 22.9 Å². The second-order valence-electron chi connectivity index (χ2n) is 7.09. The number of rotatable bonds is 7. The summed E-state index contributed by atoms with van der Waals surface area (Å²) in [4.78, 5) is 4.43. The molecule has 9 heteroatoms. The number of aromatic nitrogens is 2. The van der Waals surface area contributed by atoms with Gasteiger partial charge >= 0.3 is 0 Å². The lowest BCUT2D eigenvalue weighted by molar-refractivity contribution is 0.321. The second kappa shape index (κ2) is 8.51. The number of halogens is 1. The molecular formula is C23H22FN3O4S. The predicted molar refractivity (Wildman–Crippen MR) is 120 cm³/mol. The molecule has 0 aliphatic carbocycles. The van der Waals surface area contributed by atoms with Gasteiger partial charge in [-0.05, 0) is 61.9 Å². The van der Waals surface area contributed by atoms with Crippen LogP contribution in [0.5, 0.6) is 11.5 Å². The van der Waals surface area contributed by atoms with Gasteiger partial charge in [-0.3, -0.25) is 4.72 Å². The van der Waals surface area contributed by atoms with Gasteiger partial charge in [0, 0.05) is 18.0 Å². The lowest BCUT2D eigenvalue weighted by Gasteiger charge is -2.14. The van der Waals surface area contributed by atoms with E-state index in [4.69, 9.17) is 9.47 Å². The third-order valence-electron chi connectivity index (χ3n) is 4.93. The lowest BCUT2D eigenvalue weighted by Crippen LogP contribution is -2.14. The van der Waals surface area contributed by atoms with Crippen LogP contribution in [-0.4, -0.2) is 31.5 Å². The van der Waals surface area contributed by atoms with Gasteiger partial charge in [-0.15, -0.1) is 0 Å². The average molecular weight is 456 g/mol. The molecule has 0 radical (unpaired) electrons. The van der Waals surface area contributed by atoms with E-state index in [1.165, 1.54) is 19.2 Å². The van der Waals surface area contributed by atoms with Crippen LogP contribution in [0.15, 0.2) is 65.8 Å². The van der Waals surface area contributed by atoms with Crippen molar-refractivity contribution in [3.05, 3.63) is 72.3 Å². The van der Waals surface area contributed by atoms with Gasteiger partial charge in [0.1, 0.15) is 11.4 Å². The standard InChI is InChI=1S/C23H22FN3O4S/c1-4-31-21-10-8-17(13-18(21)24)32(28,29)26-19-12-16(7-9-22(19)30-3)20-14-27-11-5-6-15(2)23(27)25-20/h5-14,26H,4H2,1-3H3. The van der Waals surface area contributed by atoms with E-state index < -0.39 is 15.8 Å². The molecule has 0 aliphatic rings. The van der Waals surface area contributed by atoms with Crippen molar-refractivity contribution in [2.75, 3.05) is 18.4 Å². The fourth-order valence-electron chi connectivity index (χ4n) is 3.36. The molecule has 32 heavy (non-hydrogen) atoms. The average Bonchev–Trinajstić information content (AvgIpc) is 3.21. The maximum atomic E-state index is 14.2. The number of aryl methyl sites for hydroxylation is 1.